The highest BCUT2D eigenvalue weighted by molar-refractivity contribution is 6.31. The van der Waals surface area contributed by atoms with E-state index in [1.54, 1.807) is 6.33 Å². The SMILES string of the molecule is CN1CCc2c(c3cc(Cl)ccc3n2CC2(c3cncnc3)CC2)C1. The highest BCUT2D eigenvalue weighted by atomic mass is 35.5. The van der Waals surface area contributed by atoms with Crippen LogP contribution >= 0.6 is 11.6 Å². The summed E-state index contributed by atoms with van der Waals surface area (Å²) in [5.74, 6) is 0. The Morgan fingerprint density at radius 2 is 2.00 bits per heavy atom. The number of likely N-dealkylation sites (N-methyl/N-ethyl adjacent to an activating group) is 1. The zero-order valence-electron chi connectivity index (χ0n) is 14.4. The van der Waals surface area contributed by atoms with Gasteiger partial charge in [0.25, 0.3) is 0 Å². The summed E-state index contributed by atoms with van der Waals surface area (Å²) in [6, 6.07) is 6.34. The average Bonchev–Trinajstić information content (AvgIpc) is 3.36. The van der Waals surface area contributed by atoms with E-state index in [0.717, 1.165) is 31.1 Å². The molecule has 1 aliphatic heterocycles. The second-order valence-electron chi connectivity index (χ2n) is 7.57. The van der Waals surface area contributed by atoms with Crippen molar-refractivity contribution in [3.63, 3.8) is 0 Å². The van der Waals surface area contributed by atoms with Crippen LogP contribution in [0.4, 0.5) is 0 Å². The van der Waals surface area contributed by atoms with Crippen LogP contribution in [0.5, 0.6) is 0 Å². The molecule has 2 aliphatic rings. The van der Waals surface area contributed by atoms with E-state index in [-0.39, 0.29) is 5.41 Å². The van der Waals surface area contributed by atoms with E-state index in [9.17, 15) is 0 Å². The van der Waals surface area contributed by atoms with Gasteiger partial charge in [-0.1, -0.05) is 11.6 Å². The normalized spacial score (nSPS) is 19.1. The van der Waals surface area contributed by atoms with Gasteiger partial charge in [-0.2, -0.15) is 0 Å². The lowest BCUT2D eigenvalue weighted by Gasteiger charge is -2.25. The van der Waals surface area contributed by atoms with E-state index >= 15 is 0 Å². The molecule has 1 saturated carbocycles. The van der Waals surface area contributed by atoms with Crippen LogP contribution in [0.15, 0.2) is 36.9 Å². The minimum atomic E-state index is 0.198. The molecule has 0 radical (unpaired) electrons. The number of hydrogen-bond donors (Lipinski definition) is 0. The summed E-state index contributed by atoms with van der Waals surface area (Å²) in [6.45, 7) is 3.12. The lowest BCUT2D eigenvalue weighted by atomic mass is 9.98. The number of hydrogen-bond acceptors (Lipinski definition) is 3. The topological polar surface area (TPSA) is 34.0 Å². The molecule has 0 atom stereocenters. The average molecular weight is 353 g/mol. The summed E-state index contributed by atoms with van der Waals surface area (Å²) < 4.78 is 2.55. The van der Waals surface area contributed by atoms with Crippen molar-refractivity contribution in [1.82, 2.24) is 19.4 Å². The van der Waals surface area contributed by atoms with Crippen LogP contribution in [-0.2, 0) is 24.9 Å². The fourth-order valence-corrected chi connectivity index (χ4v) is 4.47. The molecule has 0 amide bonds. The first kappa shape index (κ1) is 15.4. The summed E-state index contributed by atoms with van der Waals surface area (Å²) >= 11 is 6.31. The molecule has 1 aliphatic carbocycles. The van der Waals surface area contributed by atoms with E-state index in [2.05, 4.69) is 38.6 Å². The molecule has 0 saturated heterocycles. The summed E-state index contributed by atoms with van der Waals surface area (Å²) in [4.78, 5) is 10.9. The minimum Gasteiger partial charge on any atom is -0.343 e. The Morgan fingerprint density at radius 3 is 2.76 bits per heavy atom. The quantitative estimate of drug-likeness (QED) is 0.719. The Balaban J connectivity index is 1.64. The van der Waals surface area contributed by atoms with Gasteiger partial charge in [0.15, 0.2) is 0 Å². The zero-order chi connectivity index (χ0) is 17.0. The smallest absolute Gasteiger partial charge is 0.115 e. The van der Waals surface area contributed by atoms with Crippen molar-refractivity contribution in [3.8, 4) is 0 Å². The predicted molar refractivity (Wildman–Crippen MR) is 99.9 cm³/mol. The molecular formula is C20H21ClN4. The molecule has 128 valence electrons. The van der Waals surface area contributed by atoms with Gasteiger partial charge in [-0.15, -0.1) is 0 Å². The monoisotopic (exact) mass is 352 g/mol. The summed E-state index contributed by atoms with van der Waals surface area (Å²) in [5, 5.41) is 2.13. The number of aromatic nitrogens is 3. The number of rotatable bonds is 3. The molecule has 0 bridgehead atoms. The Labute approximate surface area is 152 Å². The van der Waals surface area contributed by atoms with Crippen LogP contribution in [-0.4, -0.2) is 33.0 Å². The van der Waals surface area contributed by atoms with E-state index in [1.807, 2.05) is 18.5 Å². The largest absolute Gasteiger partial charge is 0.343 e. The molecule has 3 heterocycles. The zero-order valence-corrected chi connectivity index (χ0v) is 15.1. The molecule has 5 heteroatoms. The van der Waals surface area contributed by atoms with Crippen LogP contribution in [0.2, 0.25) is 5.02 Å². The Bertz CT molecular complexity index is 943. The highest BCUT2D eigenvalue weighted by Gasteiger charge is 2.45. The third-order valence-electron chi connectivity index (χ3n) is 5.89. The van der Waals surface area contributed by atoms with Crippen molar-refractivity contribution in [2.24, 2.45) is 0 Å². The van der Waals surface area contributed by atoms with Gasteiger partial charge in [-0.3, -0.25) is 0 Å². The lowest BCUT2D eigenvalue weighted by molar-refractivity contribution is 0.308. The predicted octanol–water partition coefficient (Wildman–Crippen LogP) is 3.80. The first-order valence-electron chi connectivity index (χ1n) is 8.90. The summed E-state index contributed by atoms with van der Waals surface area (Å²) in [7, 11) is 2.19. The van der Waals surface area contributed by atoms with Crippen molar-refractivity contribution < 1.29 is 0 Å². The van der Waals surface area contributed by atoms with Crippen molar-refractivity contribution in [1.29, 1.82) is 0 Å². The van der Waals surface area contributed by atoms with Gasteiger partial charge < -0.3 is 9.47 Å². The standard InChI is InChI=1S/C20H21ClN4/c1-24-7-4-19-17(11-24)16-8-15(21)2-3-18(16)25(19)12-20(5-6-20)14-9-22-13-23-10-14/h2-3,8-10,13H,4-7,11-12H2,1H3. The van der Waals surface area contributed by atoms with Crippen molar-refractivity contribution in [2.75, 3.05) is 13.6 Å². The third kappa shape index (κ3) is 2.47. The number of fused-ring (bicyclic) bond motifs is 3. The van der Waals surface area contributed by atoms with Crippen LogP contribution in [0.3, 0.4) is 0 Å². The fourth-order valence-electron chi connectivity index (χ4n) is 4.30. The van der Waals surface area contributed by atoms with Gasteiger partial charge in [0.1, 0.15) is 6.33 Å². The van der Waals surface area contributed by atoms with Gasteiger partial charge in [0, 0.05) is 65.5 Å². The van der Waals surface area contributed by atoms with E-state index in [1.165, 1.54) is 40.6 Å². The summed E-state index contributed by atoms with van der Waals surface area (Å²) in [5.41, 5.74) is 5.72. The molecule has 1 aromatic carbocycles. The number of halogens is 1. The number of nitrogens with zero attached hydrogens (tertiary/aromatic N) is 4. The Hall–Kier alpha value is -1.91. The maximum absolute atomic E-state index is 6.31. The molecule has 0 unspecified atom stereocenters. The molecule has 5 rings (SSSR count). The van der Waals surface area contributed by atoms with Gasteiger partial charge in [0.2, 0.25) is 0 Å². The van der Waals surface area contributed by atoms with Crippen molar-refractivity contribution >= 4 is 22.5 Å². The Morgan fingerprint density at radius 1 is 1.20 bits per heavy atom. The van der Waals surface area contributed by atoms with Crippen LogP contribution in [0, 0.1) is 0 Å². The molecule has 4 nitrogen and oxygen atoms in total. The molecule has 0 N–H and O–H groups in total. The molecule has 2 aromatic heterocycles. The first-order chi connectivity index (χ1) is 12.2. The maximum Gasteiger partial charge on any atom is 0.115 e. The maximum atomic E-state index is 6.31. The Kier molecular flexibility index (Phi) is 3.41. The van der Waals surface area contributed by atoms with E-state index < -0.39 is 0 Å². The van der Waals surface area contributed by atoms with Crippen LogP contribution < -0.4 is 0 Å². The summed E-state index contributed by atoms with van der Waals surface area (Å²) in [6.07, 6.45) is 9.11. The number of benzene rings is 1. The van der Waals surface area contributed by atoms with Gasteiger partial charge in [0.05, 0.1) is 0 Å². The van der Waals surface area contributed by atoms with Gasteiger partial charge in [-0.25, -0.2) is 9.97 Å². The van der Waals surface area contributed by atoms with Gasteiger partial charge >= 0.3 is 0 Å². The second-order valence-corrected chi connectivity index (χ2v) is 8.00. The molecule has 3 aromatic rings. The second kappa shape index (κ2) is 5.55. The molecule has 25 heavy (non-hydrogen) atoms. The van der Waals surface area contributed by atoms with E-state index in [0.29, 0.717) is 0 Å². The molecule has 1 fully saturated rings. The lowest BCUT2D eigenvalue weighted by Crippen LogP contribution is -2.28. The van der Waals surface area contributed by atoms with E-state index in [4.69, 9.17) is 11.6 Å². The fraction of sp³-hybridized carbons (Fsp3) is 0.400. The van der Waals surface area contributed by atoms with Crippen LogP contribution in [0.1, 0.15) is 29.7 Å². The van der Waals surface area contributed by atoms with Crippen molar-refractivity contribution in [2.45, 2.75) is 37.8 Å². The minimum absolute atomic E-state index is 0.198. The van der Waals surface area contributed by atoms with Gasteiger partial charge in [-0.05, 0) is 49.2 Å². The van der Waals surface area contributed by atoms with Crippen LogP contribution in [0.25, 0.3) is 10.9 Å². The van der Waals surface area contributed by atoms with Crippen molar-refractivity contribution in [3.05, 3.63) is 58.8 Å². The first-order valence-corrected chi connectivity index (χ1v) is 9.28. The third-order valence-corrected chi connectivity index (χ3v) is 6.13. The molecule has 0 spiro atoms. The molecular weight excluding hydrogens is 332 g/mol. The highest BCUT2D eigenvalue weighted by Crippen LogP contribution is 2.50.